The molecule has 6 heteroatoms. The molecule has 2 heterocycles. The number of allylic oxidation sites excluding steroid dienone is 2. The SMILES string of the molecule is O=C(NNC(=O)C1CC2C=CC1C2)c1cc(-c2ccco2)nc2ccccc12. The van der Waals surface area contributed by atoms with E-state index >= 15 is 0 Å². The molecule has 3 atom stereocenters. The minimum Gasteiger partial charge on any atom is -0.463 e. The molecule has 140 valence electrons. The highest BCUT2D eigenvalue weighted by Gasteiger charge is 2.39. The first kappa shape index (κ1) is 16.7. The van der Waals surface area contributed by atoms with E-state index in [0.717, 1.165) is 12.8 Å². The zero-order valence-electron chi connectivity index (χ0n) is 15.1. The Balaban J connectivity index is 1.39. The Morgan fingerprint density at radius 1 is 1.04 bits per heavy atom. The van der Waals surface area contributed by atoms with E-state index in [1.807, 2.05) is 24.3 Å². The van der Waals surface area contributed by atoms with E-state index in [1.165, 1.54) is 0 Å². The molecule has 3 aromatic rings. The number of aromatic nitrogens is 1. The van der Waals surface area contributed by atoms with Crippen LogP contribution in [0.4, 0.5) is 0 Å². The van der Waals surface area contributed by atoms with Gasteiger partial charge in [0.15, 0.2) is 5.76 Å². The van der Waals surface area contributed by atoms with E-state index in [9.17, 15) is 9.59 Å². The van der Waals surface area contributed by atoms with Crippen LogP contribution in [0.1, 0.15) is 23.2 Å². The Bertz CT molecular complexity index is 1090. The van der Waals surface area contributed by atoms with Crippen molar-refractivity contribution in [2.75, 3.05) is 0 Å². The van der Waals surface area contributed by atoms with E-state index in [2.05, 4.69) is 28.0 Å². The molecule has 1 saturated carbocycles. The third-order valence-electron chi connectivity index (χ3n) is 5.65. The number of furan rings is 1. The van der Waals surface area contributed by atoms with Gasteiger partial charge in [0.2, 0.25) is 5.91 Å². The number of amides is 2. The normalized spacial score (nSPS) is 22.5. The summed E-state index contributed by atoms with van der Waals surface area (Å²) in [5.41, 5.74) is 6.88. The van der Waals surface area contributed by atoms with Crippen LogP contribution in [-0.4, -0.2) is 16.8 Å². The predicted molar refractivity (Wildman–Crippen MR) is 104 cm³/mol. The van der Waals surface area contributed by atoms with Gasteiger partial charge in [0.05, 0.1) is 17.3 Å². The molecule has 0 radical (unpaired) electrons. The summed E-state index contributed by atoms with van der Waals surface area (Å²) < 4.78 is 5.43. The highest BCUT2D eigenvalue weighted by atomic mass is 16.3. The first-order valence-electron chi connectivity index (χ1n) is 9.41. The van der Waals surface area contributed by atoms with E-state index in [-0.39, 0.29) is 23.7 Å². The highest BCUT2D eigenvalue weighted by Crippen LogP contribution is 2.43. The van der Waals surface area contributed by atoms with Gasteiger partial charge in [0.1, 0.15) is 5.69 Å². The summed E-state index contributed by atoms with van der Waals surface area (Å²) in [5, 5.41) is 0.715. The standard InChI is InChI=1S/C22H19N3O3/c26-21(16-11-13-7-8-14(16)10-13)24-25-22(27)17-12-19(20-6-3-9-28-20)23-18-5-2-1-4-15(17)18/h1-9,12-14,16H,10-11H2,(H,24,26)(H,25,27). The molecule has 2 aliphatic rings. The van der Waals surface area contributed by atoms with Crippen LogP contribution >= 0.6 is 0 Å². The lowest BCUT2D eigenvalue weighted by molar-refractivity contribution is -0.126. The Kier molecular flexibility index (Phi) is 3.97. The van der Waals surface area contributed by atoms with Crippen molar-refractivity contribution in [2.45, 2.75) is 12.8 Å². The van der Waals surface area contributed by atoms with Crippen LogP contribution in [-0.2, 0) is 4.79 Å². The number of nitrogens with zero attached hydrogens (tertiary/aromatic N) is 1. The van der Waals surface area contributed by atoms with Crippen LogP contribution in [0.25, 0.3) is 22.4 Å². The molecule has 28 heavy (non-hydrogen) atoms. The molecule has 2 aliphatic carbocycles. The van der Waals surface area contributed by atoms with Crippen molar-refractivity contribution in [3.05, 3.63) is 66.4 Å². The number of hydrogen-bond donors (Lipinski definition) is 2. The summed E-state index contributed by atoms with van der Waals surface area (Å²) in [5.74, 6) is 0.791. The molecule has 2 bridgehead atoms. The molecule has 3 unspecified atom stereocenters. The number of para-hydroxylation sites is 1. The van der Waals surface area contributed by atoms with E-state index in [0.29, 0.717) is 33.8 Å². The van der Waals surface area contributed by atoms with Gasteiger partial charge in [-0.2, -0.15) is 0 Å². The second kappa shape index (κ2) is 6.64. The third-order valence-corrected chi connectivity index (χ3v) is 5.65. The zero-order chi connectivity index (χ0) is 19.1. The van der Waals surface area contributed by atoms with Crippen LogP contribution < -0.4 is 10.9 Å². The molecule has 0 saturated heterocycles. The highest BCUT2D eigenvalue weighted by molar-refractivity contribution is 6.07. The minimum atomic E-state index is -0.376. The van der Waals surface area contributed by atoms with E-state index < -0.39 is 0 Å². The summed E-state index contributed by atoms with van der Waals surface area (Å²) >= 11 is 0. The summed E-state index contributed by atoms with van der Waals surface area (Å²) in [6.45, 7) is 0. The van der Waals surface area contributed by atoms with Gasteiger partial charge in [-0.1, -0.05) is 30.4 Å². The number of hydrazine groups is 1. The van der Waals surface area contributed by atoms with Crippen molar-refractivity contribution >= 4 is 22.7 Å². The molecule has 0 spiro atoms. The summed E-state index contributed by atoms with van der Waals surface area (Å²) in [6, 6.07) is 12.7. The second-order valence-electron chi connectivity index (χ2n) is 7.38. The van der Waals surface area contributed by atoms with Crippen molar-refractivity contribution < 1.29 is 14.0 Å². The first-order valence-corrected chi connectivity index (χ1v) is 9.41. The molecule has 0 aliphatic heterocycles. The lowest BCUT2D eigenvalue weighted by Crippen LogP contribution is -2.45. The van der Waals surface area contributed by atoms with E-state index in [4.69, 9.17) is 4.42 Å². The first-order chi connectivity index (χ1) is 13.7. The van der Waals surface area contributed by atoms with E-state index in [1.54, 1.807) is 24.5 Å². The smallest absolute Gasteiger partial charge is 0.270 e. The van der Waals surface area contributed by atoms with Crippen molar-refractivity contribution in [2.24, 2.45) is 17.8 Å². The topological polar surface area (TPSA) is 84.2 Å². The molecule has 6 nitrogen and oxygen atoms in total. The number of nitrogens with one attached hydrogen (secondary N) is 2. The Morgan fingerprint density at radius 3 is 2.68 bits per heavy atom. The number of hydrogen-bond acceptors (Lipinski definition) is 4. The Hall–Kier alpha value is -3.41. The fraction of sp³-hybridized carbons (Fsp3) is 0.227. The van der Waals surface area contributed by atoms with Crippen LogP contribution in [0.15, 0.2) is 65.3 Å². The number of pyridine rings is 1. The van der Waals surface area contributed by atoms with Crippen molar-refractivity contribution in [1.29, 1.82) is 0 Å². The van der Waals surface area contributed by atoms with Gasteiger partial charge in [-0.15, -0.1) is 0 Å². The average Bonchev–Trinajstić information content (AvgIpc) is 3.49. The van der Waals surface area contributed by atoms with Crippen LogP contribution in [0.3, 0.4) is 0 Å². The maximum absolute atomic E-state index is 12.9. The monoisotopic (exact) mass is 373 g/mol. The molecule has 1 fully saturated rings. The summed E-state index contributed by atoms with van der Waals surface area (Å²) in [7, 11) is 0. The van der Waals surface area contributed by atoms with Gasteiger partial charge < -0.3 is 4.42 Å². The number of fused-ring (bicyclic) bond motifs is 3. The number of carbonyl (C=O) groups excluding carboxylic acids is 2. The van der Waals surface area contributed by atoms with Crippen LogP contribution in [0.2, 0.25) is 0 Å². The molecule has 2 amide bonds. The van der Waals surface area contributed by atoms with Gasteiger partial charge in [0.25, 0.3) is 5.91 Å². The molecule has 5 rings (SSSR count). The van der Waals surface area contributed by atoms with Crippen molar-refractivity contribution in [1.82, 2.24) is 15.8 Å². The predicted octanol–water partition coefficient (Wildman–Crippen LogP) is 3.47. The van der Waals surface area contributed by atoms with Gasteiger partial charge in [-0.05, 0) is 48.9 Å². The average molecular weight is 373 g/mol. The van der Waals surface area contributed by atoms with Gasteiger partial charge in [-0.25, -0.2) is 4.98 Å². The molecular weight excluding hydrogens is 354 g/mol. The van der Waals surface area contributed by atoms with Gasteiger partial charge >= 0.3 is 0 Å². The summed E-state index contributed by atoms with van der Waals surface area (Å²) in [6.07, 6.45) is 7.76. The number of rotatable bonds is 3. The quantitative estimate of drug-likeness (QED) is 0.544. The third kappa shape index (κ3) is 2.87. The fourth-order valence-corrected chi connectivity index (χ4v) is 4.27. The van der Waals surface area contributed by atoms with Crippen LogP contribution in [0, 0.1) is 17.8 Å². The zero-order valence-corrected chi connectivity index (χ0v) is 15.1. The maximum Gasteiger partial charge on any atom is 0.270 e. The molecule has 2 aromatic heterocycles. The second-order valence-corrected chi connectivity index (χ2v) is 7.38. The number of carbonyl (C=O) groups is 2. The number of benzene rings is 1. The summed E-state index contributed by atoms with van der Waals surface area (Å²) in [4.78, 5) is 29.9. The minimum absolute atomic E-state index is 0.0665. The molecule has 1 aromatic carbocycles. The van der Waals surface area contributed by atoms with Gasteiger partial charge in [-0.3, -0.25) is 20.4 Å². The largest absolute Gasteiger partial charge is 0.463 e. The van der Waals surface area contributed by atoms with Gasteiger partial charge in [0, 0.05) is 11.3 Å². The lowest BCUT2D eigenvalue weighted by atomic mass is 9.93. The fourth-order valence-electron chi connectivity index (χ4n) is 4.27. The van der Waals surface area contributed by atoms with Crippen molar-refractivity contribution in [3.8, 4) is 11.5 Å². The lowest BCUT2D eigenvalue weighted by Gasteiger charge is -2.18. The van der Waals surface area contributed by atoms with Crippen LogP contribution in [0.5, 0.6) is 0 Å². The maximum atomic E-state index is 12.9. The van der Waals surface area contributed by atoms with Crippen molar-refractivity contribution in [3.63, 3.8) is 0 Å². The molecule has 2 N–H and O–H groups in total. The molecular formula is C22H19N3O3. The Labute approximate surface area is 161 Å². The Morgan fingerprint density at radius 2 is 1.93 bits per heavy atom.